The molecular formula is C31H29ClN2O5S. The van der Waals surface area contributed by atoms with E-state index in [0.29, 0.717) is 21.8 Å². The maximum Gasteiger partial charge on any atom is 0.338 e. The number of anilines is 2. The van der Waals surface area contributed by atoms with Crippen molar-refractivity contribution in [1.82, 2.24) is 0 Å². The minimum Gasteiger partial charge on any atom is -0.462 e. The van der Waals surface area contributed by atoms with E-state index < -0.39 is 21.9 Å². The van der Waals surface area contributed by atoms with Gasteiger partial charge in [0, 0.05) is 10.7 Å². The summed E-state index contributed by atoms with van der Waals surface area (Å²) < 4.78 is 34.3. The second kappa shape index (κ2) is 12.4. The Morgan fingerprint density at radius 2 is 1.57 bits per heavy atom. The Balaban J connectivity index is 1.77. The van der Waals surface area contributed by atoms with E-state index in [0.717, 1.165) is 11.1 Å². The molecule has 0 fully saturated rings. The van der Waals surface area contributed by atoms with Gasteiger partial charge in [-0.25, -0.2) is 13.2 Å². The van der Waals surface area contributed by atoms with E-state index in [9.17, 15) is 18.0 Å². The van der Waals surface area contributed by atoms with Crippen LogP contribution < -0.4 is 9.62 Å². The number of hydrogen-bond acceptors (Lipinski definition) is 5. The Morgan fingerprint density at radius 3 is 2.25 bits per heavy atom. The van der Waals surface area contributed by atoms with Gasteiger partial charge < -0.3 is 10.1 Å². The molecule has 40 heavy (non-hydrogen) atoms. The second-order valence-electron chi connectivity index (χ2n) is 9.17. The summed E-state index contributed by atoms with van der Waals surface area (Å²) >= 11 is 6.06. The number of ether oxygens (including phenoxy) is 1. The van der Waals surface area contributed by atoms with Crippen molar-refractivity contribution in [3.8, 4) is 0 Å². The molecule has 1 N–H and O–H groups in total. The molecule has 0 saturated carbocycles. The van der Waals surface area contributed by atoms with Gasteiger partial charge in [-0.15, -0.1) is 0 Å². The van der Waals surface area contributed by atoms with Gasteiger partial charge in [-0.1, -0.05) is 59.6 Å². The van der Waals surface area contributed by atoms with Crippen molar-refractivity contribution in [2.75, 3.05) is 16.2 Å². The molecule has 0 unspecified atom stereocenters. The molecule has 0 saturated heterocycles. The number of nitrogens with zero attached hydrogens (tertiary/aromatic N) is 1. The van der Waals surface area contributed by atoms with Crippen LogP contribution in [0.1, 0.15) is 44.3 Å². The number of hydrogen-bond donors (Lipinski definition) is 1. The largest absolute Gasteiger partial charge is 0.462 e. The molecule has 4 aromatic rings. The highest BCUT2D eigenvalue weighted by atomic mass is 35.5. The number of aryl methyl sites for hydroxylation is 2. The summed E-state index contributed by atoms with van der Waals surface area (Å²) in [6.45, 7) is 5.58. The van der Waals surface area contributed by atoms with Gasteiger partial charge >= 0.3 is 5.97 Å². The zero-order valence-electron chi connectivity index (χ0n) is 22.3. The van der Waals surface area contributed by atoms with Crippen LogP contribution in [0, 0.1) is 13.8 Å². The Hall–Kier alpha value is -4.14. The lowest BCUT2D eigenvalue weighted by molar-refractivity contribution is 0.0526. The van der Waals surface area contributed by atoms with Gasteiger partial charge in [0.15, 0.2) is 0 Å². The summed E-state index contributed by atoms with van der Waals surface area (Å²) in [5.74, 6) is -1.03. The molecule has 0 aliphatic carbocycles. The van der Waals surface area contributed by atoms with Crippen LogP contribution in [0.25, 0.3) is 0 Å². The number of benzene rings is 4. The normalized spacial score (nSPS) is 11.1. The fraction of sp³-hybridized carbons (Fsp3) is 0.161. The monoisotopic (exact) mass is 576 g/mol. The number of esters is 1. The quantitative estimate of drug-likeness (QED) is 0.222. The molecule has 7 nitrogen and oxygen atoms in total. The summed E-state index contributed by atoms with van der Waals surface area (Å²) in [7, 11) is -4.08. The lowest BCUT2D eigenvalue weighted by Gasteiger charge is -2.27. The van der Waals surface area contributed by atoms with Gasteiger partial charge in [-0.05, 0) is 80.4 Å². The molecule has 4 rings (SSSR count). The van der Waals surface area contributed by atoms with Gasteiger partial charge in [0.2, 0.25) is 0 Å². The number of rotatable bonds is 9. The zero-order chi connectivity index (χ0) is 28.9. The summed E-state index contributed by atoms with van der Waals surface area (Å²) in [4.78, 5) is 26.0. The van der Waals surface area contributed by atoms with Crippen LogP contribution >= 0.6 is 11.6 Å². The zero-order valence-corrected chi connectivity index (χ0v) is 23.9. The molecule has 1 amide bonds. The first-order valence-electron chi connectivity index (χ1n) is 12.6. The average Bonchev–Trinajstić information content (AvgIpc) is 2.94. The molecule has 206 valence electrons. The third-order valence-corrected chi connectivity index (χ3v) is 8.29. The van der Waals surface area contributed by atoms with Crippen LogP contribution in [0.3, 0.4) is 0 Å². The first-order chi connectivity index (χ1) is 19.1. The summed E-state index contributed by atoms with van der Waals surface area (Å²) in [5.41, 5.74) is 3.39. The lowest BCUT2D eigenvalue weighted by atomic mass is 10.1. The molecule has 9 heteroatoms. The first kappa shape index (κ1) is 28.9. The van der Waals surface area contributed by atoms with Crippen LogP contribution in [0.4, 0.5) is 11.4 Å². The Labute approximate surface area is 239 Å². The number of amides is 1. The van der Waals surface area contributed by atoms with Crippen LogP contribution in [0.15, 0.2) is 95.9 Å². The molecule has 4 aromatic carbocycles. The number of para-hydroxylation sites is 1. The Kier molecular flexibility index (Phi) is 8.92. The van der Waals surface area contributed by atoms with Gasteiger partial charge in [0.25, 0.3) is 15.9 Å². The smallest absolute Gasteiger partial charge is 0.338 e. The number of carbonyl (C=O) groups excluding carboxylic acids is 2. The first-order valence-corrected chi connectivity index (χ1v) is 14.4. The standard InChI is InChI=1S/C31H29ClN2O5S/c1-4-39-31(36)24-14-11-22(3)28(19-24)33-30(35)27-7-5-6-8-29(27)34(20-23-12-15-25(32)16-13-23)40(37,38)26-17-9-21(2)10-18-26/h5-19H,4,20H2,1-3H3,(H,33,35). The molecule has 0 aromatic heterocycles. The third-order valence-electron chi connectivity index (χ3n) is 6.26. The molecule has 0 bridgehead atoms. The molecule has 0 aliphatic rings. The van der Waals surface area contributed by atoms with Crippen LogP contribution in [-0.2, 0) is 21.3 Å². The second-order valence-corrected chi connectivity index (χ2v) is 11.5. The minimum atomic E-state index is -4.08. The average molecular weight is 577 g/mol. The molecular weight excluding hydrogens is 548 g/mol. The fourth-order valence-electron chi connectivity index (χ4n) is 4.06. The van der Waals surface area contributed by atoms with E-state index in [4.69, 9.17) is 16.3 Å². The van der Waals surface area contributed by atoms with Crippen LogP contribution in [0.2, 0.25) is 5.02 Å². The molecule has 0 heterocycles. The topological polar surface area (TPSA) is 92.8 Å². The van der Waals surface area contributed by atoms with E-state index in [2.05, 4.69) is 5.32 Å². The molecule has 0 radical (unpaired) electrons. The number of halogens is 1. The summed E-state index contributed by atoms with van der Waals surface area (Å²) in [6.07, 6.45) is 0. The maximum atomic E-state index is 14.0. The van der Waals surface area contributed by atoms with Crippen molar-refractivity contribution in [2.24, 2.45) is 0 Å². The highest BCUT2D eigenvalue weighted by Gasteiger charge is 2.29. The number of nitrogens with one attached hydrogen (secondary N) is 1. The van der Waals surface area contributed by atoms with Crippen molar-refractivity contribution in [2.45, 2.75) is 32.2 Å². The van der Waals surface area contributed by atoms with E-state index in [1.54, 1.807) is 105 Å². The van der Waals surface area contributed by atoms with E-state index in [1.807, 2.05) is 6.92 Å². The summed E-state index contributed by atoms with van der Waals surface area (Å²) in [5, 5.41) is 3.37. The van der Waals surface area contributed by atoms with Gasteiger partial charge in [0.05, 0.1) is 34.9 Å². The van der Waals surface area contributed by atoms with Crippen molar-refractivity contribution in [3.05, 3.63) is 124 Å². The van der Waals surface area contributed by atoms with Crippen molar-refractivity contribution in [3.63, 3.8) is 0 Å². The minimum absolute atomic E-state index is 0.0327. The molecule has 0 aliphatic heterocycles. The Bertz CT molecular complexity index is 1640. The highest BCUT2D eigenvalue weighted by molar-refractivity contribution is 7.92. The van der Waals surface area contributed by atoms with Gasteiger partial charge in [-0.3, -0.25) is 9.10 Å². The summed E-state index contributed by atoms with van der Waals surface area (Å²) in [6, 6.07) is 24.8. The van der Waals surface area contributed by atoms with Crippen molar-refractivity contribution in [1.29, 1.82) is 0 Å². The fourth-order valence-corrected chi connectivity index (χ4v) is 5.66. The Morgan fingerprint density at radius 1 is 0.900 bits per heavy atom. The van der Waals surface area contributed by atoms with Crippen LogP contribution in [-0.4, -0.2) is 26.9 Å². The van der Waals surface area contributed by atoms with Gasteiger partial charge in [0.1, 0.15) is 0 Å². The highest BCUT2D eigenvalue weighted by Crippen LogP contribution is 2.31. The predicted octanol–water partition coefficient (Wildman–Crippen LogP) is 6.78. The number of sulfonamides is 1. The van der Waals surface area contributed by atoms with E-state index in [-0.39, 0.29) is 29.3 Å². The van der Waals surface area contributed by atoms with Gasteiger partial charge in [-0.2, -0.15) is 0 Å². The van der Waals surface area contributed by atoms with Crippen molar-refractivity contribution >= 4 is 44.9 Å². The SMILES string of the molecule is CCOC(=O)c1ccc(C)c(NC(=O)c2ccccc2N(Cc2ccc(Cl)cc2)S(=O)(=O)c2ccc(C)cc2)c1. The van der Waals surface area contributed by atoms with E-state index >= 15 is 0 Å². The molecule has 0 atom stereocenters. The molecule has 0 spiro atoms. The lowest BCUT2D eigenvalue weighted by Crippen LogP contribution is -2.32. The third kappa shape index (κ3) is 6.52. The van der Waals surface area contributed by atoms with E-state index in [1.165, 1.54) is 4.31 Å². The maximum absolute atomic E-state index is 14.0. The van der Waals surface area contributed by atoms with Crippen molar-refractivity contribution < 1.29 is 22.7 Å². The van der Waals surface area contributed by atoms with Crippen LogP contribution in [0.5, 0.6) is 0 Å². The predicted molar refractivity (Wildman–Crippen MR) is 158 cm³/mol. The number of carbonyl (C=O) groups is 2.